The number of aryl methyl sites for hydroxylation is 1. The maximum absolute atomic E-state index is 12.1. The van der Waals surface area contributed by atoms with E-state index in [1.165, 1.54) is 5.56 Å². The molecule has 0 amide bonds. The van der Waals surface area contributed by atoms with E-state index in [9.17, 15) is 9.90 Å². The monoisotopic (exact) mass is 377 g/mol. The molecule has 3 nitrogen and oxygen atoms in total. The van der Waals surface area contributed by atoms with Crippen LogP contribution >= 0.6 is 17.0 Å². The summed E-state index contributed by atoms with van der Waals surface area (Å²) in [6, 6.07) is 16.6. The summed E-state index contributed by atoms with van der Waals surface area (Å²) in [7, 11) is 0. The Bertz CT molecular complexity index is 609. The molecule has 0 unspecified atom stereocenters. The first-order valence-corrected chi connectivity index (χ1v) is 7.57. The van der Waals surface area contributed by atoms with Gasteiger partial charge in [0.2, 0.25) is 0 Å². The van der Waals surface area contributed by atoms with Gasteiger partial charge in [0.15, 0.2) is 5.78 Å². The standard InChI is InChI=1S/C19H23NO2.BrH/c1-19(2,13-12-15-8-10-17(21)11-9-15)20-14-18(22)16-6-4-3-5-7-16;/h3-11,20-21H,12-14H2,1-2H3;1H. The second-order valence-corrected chi connectivity index (χ2v) is 6.19. The van der Waals surface area contributed by atoms with Crippen molar-refractivity contribution in [2.24, 2.45) is 0 Å². The molecule has 0 aromatic heterocycles. The van der Waals surface area contributed by atoms with Gasteiger partial charge in [0.05, 0.1) is 6.54 Å². The van der Waals surface area contributed by atoms with E-state index in [2.05, 4.69) is 19.2 Å². The van der Waals surface area contributed by atoms with Gasteiger partial charge in [-0.2, -0.15) is 0 Å². The lowest BCUT2D eigenvalue weighted by atomic mass is 9.95. The number of benzene rings is 2. The molecule has 2 aromatic rings. The average Bonchev–Trinajstić information content (AvgIpc) is 2.53. The summed E-state index contributed by atoms with van der Waals surface area (Å²) < 4.78 is 0. The number of aromatic hydroxyl groups is 1. The molecule has 0 atom stereocenters. The Hall–Kier alpha value is -1.65. The highest BCUT2D eigenvalue weighted by Gasteiger charge is 2.18. The number of nitrogens with one attached hydrogen (secondary N) is 1. The van der Waals surface area contributed by atoms with Crippen molar-refractivity contribution < 1.29 is 9.90 Å². The number of halogens is 1. The fourth-order valence-electron chi connectivity index (χ4n) is 2.25. The summed E-state index contributed by atoms with van der Waals surface area (Å²) in [6.45, 7) is 4.55. The third-order valence-corrected chi connectivity index (χ3v) is 3.80. The lowest BCUT2D eigenvalue weighted by molar-refractivity contribution is 0.0979. The van der Waals surface area contributed by atoms with Crippen molar-refractivity contribution in [3.05, 3.63) is 65.7 Å². The van der Waals surface area contributed by atoms with E-state index in [4.69, 9.17) is 0 Å². The number of carbonyl (C=O) groups is 1. The Balaban J connectivity index is 0.00000264. The minimum absolute atomic E-state index is 0. The van der Waals surface area contributed by atoms with Crippen LogP contribution in [0.1, 0.15) is 36.2 Å². The number of rotatable bonds is 7. The first-order chi connectivity index (χ1) is 10.5. The van der Waals surface area contributed by atoms with Crippen LogP contribution in [-0.2, 0) is 6.42 Å². The van der Waals surface area contributed by atoms with Crippen molar-refractivity contribution in [2.45, 2.75) is 32.2 Å². The summed E-state index contributed by atoms with van der Waals surface area (Å²) in [5.41, 5.74) is 1.80. The highest BCUT2D eigenvalue weighted by molar-refractivity contribution is 8.93. The summed E-state index contributed by atoms with van der Waals surface area (Å²) in [5, 5.41) is 12.6. The van der Waals surface area contributed by atoms with Crippen LogP contribution in [0, 0.1) is 0 Å². The Labute approximate surface area is 148 Å². The third kappa shape index (κ3) is 6.55. The van der Waals surface area contributed by atoms with Crippen molar-refractivity contribution in [1.82, 2.24) is 5.32 Å². The van der Waals surface area contributed by atoms with E-state index in [1.807, 2.05) is 42.5 Å². The predicted octanol–water partition coefficient (Wildman–Crippen LogP) is 4.15. The van der Waals surface area contributed by atoms with Gasteiger partial charge in [-0.05, 0) is 44.4 Å². The van der Waals surface area contributed by atoms with Crippen LogP contribution in [-0.4, -0.2) is 23.0 Å². The molecule has 0 spiro atoms. The molecule has 2 rings (SSSR count). The van der Waals surface area contributed by atoms with Crippen LogP contribution in [0.5, 0.6) is 5.75 Å². The molecule has 0 bridgehead atoms. The Morgan fingerprint density at radius 3 is 2.26 bits per heavy atom. The van der Waals surface area contributed by atoms with Crippen LogP contribution in [0.4, 0.5) is 0 Å². The molecule has 0 aliphatic rings. The zero-order valence-corrected chi connectivity index (χ0v) is 15.3. The summed E-state index contributed by atoms with van der Waals surface area (Å²) in [5.74, 6) is 0.396. The first-order valence-electron chi connectivity index (χ1n) is 7.57. The van der Waals surface area contributed by atoms with E-state index in [-0.39, 0.29) is 34.1 Å². The van der Waals surface area contributed by atoms with Crippen molar-refractivity contribution >= 4 is 22.8 Å². The van der Waals surface area contributed by atoms with Crippen molar-refractivity contribution in [2.75, 3.05) is 6.54 Å². The molecule has 0 radical (unpaired) electrons. The fraction of sp³-hybridized carbons (Fsp3) is 0.316. The second-order valence-electron chi connectivity index (χ2n) is 6.19. The van der Waals surface area contributed by atoms with Crippen LogP contribution in [0.25, 0.3) is 0 Å². The Kier molecular flexibility index (Phi) is 7.46. The van der Waals surface area contributed by atoms with Gasteiger partial charge in [-0.15, -0.1) is 17.0 Å². The highest BCUT2D eigenvalue weighted by Crippen LogP contribution is 2.16. The van der Waals surface area contributed by atoms with E-state index in [0.29, 0.717) is 6.54 Å². The van der Waals surface area contributed by atoms with E-state index in [0.717, 1.165) is 18.4 Å². The predicted molar refractivity (Wildman–Crippen MR) is 99.6 cm³/mol. The zero-order valence-electron chi connectivity index (χ0n) is 13.6. The van der Waals surface area contributed by atoms with Gasteiger partial charge in [0, 0.05) is 11.1 Å². The number of Topliss-reactive ketones (excluding diaryl/α,β-unsaturated/α-hetero) is 1. The van der Waals surface area contributed by atoms with E-state index in [1.54, 1.807) is 12.1 Å². The van der Waals surface area contributed by atoms with Crippen molar-refractivity contribution in [3.63, 3.8) is 0 Å². The summed E-state index contributed by atoms with van der Waals surface area (Å²) in [6.07, 6.45) is 1.82. The molecule has 0 saturated heterocycles. The number of phenolic OH excluding ortho intramolecular Hbond substituents is 1. The van der Waals surface area contributed by atoms with Crippen LogP contribution in [0.2, 0.25) is 0 Å². The van der Waals surface area contributed by atoms with Crippen LogP contribution in [0.15, 0.2) is 54.6 Å². The number of carbonyl (C=O) groups excluding carboxylic acids is 1. The zero-order chi connectivity index (χ0) is 16.0. The molecule has 0 fully saturated rings. The summed E-state index contributed by atoms with van der Waals surface area (Å²) >= 11 is 0. The maximum atomic E-state index is 12.1. The molecule has 0 heterocycles. The molecule has 0 aliphatic carbocycles. The van der Waals surface area contributed by atoms with Crippen LogP contribution < -0.4 is 5.32 Å². The van der Waals surface area contributed by atoms with Gasteiger partial charge in [-0.1, -0.05) is 42.5 Å². The number of phenols is 1. The summed E-state index contributed by atoms with van der Waals surface area (Å²) in [4.78, 5) is 12.1. The highest BCUT2D eigenvalue weighted by atomic mass is 79.9. The molecule has 23 heavy (non-hydrogen) atoms. The van der Waals surface area contributed by atoms with Gasteiger partial charge in [-0.3, -0.25) is 4.79 Å². The fourth-order valence-corrected chi connectivity index (χ4v) is 2.25. The van der Waals surface area contributed by atoms with E-state index < -0.39 is 0 Å². The number of ketones is 1. The molecule has 0 aliphatic heterocycles. The largest absolute Gasteiger partial charge is 0.508 e. The molecule has 124 valence electrons. The molecule has 0 saturated carbocycles. The van der Waals surface area contributed by atoms with Crippen LogP contribution in [0.3, 0.4) is 0 Å². The van der Waals surface area contributed by atoms with Gasteiger partial charge < -0.3 is 10.4 Å². The average molecular weight is 378 g/mol. The minimum Gasteiger partial charge on any atom is -0.508 e. The van der Waals surface area contributed by atoms with Crippen molar-refractivity contribution in [3.8, 4) is 5.75 Å². The molecular formula is C19H24BrNO2. The molecular weight excluding hydrogens is 354 g/mol. The lowest BCUT2D eigenvalue weighted by Crippen LogP contribution is -2.42. The second kappa shape index (κ2) is 8.85. The number of hydrogen-bond acceptors (Lipinski definition) is 3. The minimum atomic E-state index is -0.123. The smallest absolute Gasteiger partial charge is 0.176 e. The molecule has 2 N–H and O–H groups in total. The topological polar surface area (TPSA) is 49.3 Å². The first kappa shape index (κ1) is 19.4. The Morgan fingerprint density at radius 2 is 1.65 bits per heavy atom. The number of hydrogen-bond donors (Lipinski definition) is 2. The van der Waals surface area contributed by atoms with Gasteiger partial charge in [0.25, 0.3) is 0 Å². The maximum Gasteiger partial charge on any atom is 0.176 e. The quantitative estimate of drug-likeness (QED) is 0.712. The SMILES string of the molecule is Br.CC(C)(CCc1ccc(O)cc1)NCC(=O)c1ccccc1. The third-order valence-electron chi connectivity index (χ3n) is 3.80. The van der Waals surface area contributed by atoms with Gasteiger partial charge in [0.1, 0.15) is 5.75 Å². The van der Waals surface area contributed by atoms with Crippen molar-refractivity contribution in [1.29, 1.82) is 0 Å². The normalized spacial score (nSPS) is 10.9. The lowest BCUT2D eigenvalue weighted by Gasteiger charge is -2.26. The Morgan fingerprint density at radius 1 is 1.04 bits per heavy atom. The van der Waals surface area contributed by atoms with Gasteiger partial charge >= 0.3 is 0 Å². The van der Waals surface area contributed by atoms with Gasteiger partial charge in [-0.25, -0.2) is 0 Å². The molecule has 2 aromatic carbocycles. The molecule has 4 heteroatoms. The van der Waals surface area contributed by atoms with E-state index >= 15 is 0 Å².